The van der Waals surface area contributed by atoms with Crippen LogP contribution in [0.1, 0.15) is 127 Å². The average molecular weight is 909 g/mol. The zero-order valence-corrected chi connectivity index (χ0v) is 41.2. The van der Waals surface area contributed by atoms with Crippen LogP contribution in [0, 0.1) is 5.41 Å². The first-order valence-corrected chi connectivity index (χ1v) is 29.6. The molecule has 0 radical (unpaired) electrons. The summed E-state index contributed by atoms with van der Waals surface area (Å²) < 4.78 is 82.8. The molecule has 12 heteroatoms. The molecule has 2 aliphatic rings. The molecule has 2 saturated heterocycles. The molecule has 2 fully saturated rings. The Balaban J connectivity index is 1.13. The van der Waals surface area contributed by atoms with Crippen LogP contribution in [0.25, 0.3) is 0 Å². The standard InChI is InChI=1S/C49H68O8P4/c1-9-37(5)41-13-21-45(22-14-41)58(50,46-23-15-42(16-24-46)38(6)10-2)29-31-60(52)54-33-49(34-55-60)35-56-61(53,57-36-49)32-30-59(51,47-25-17-43(18-26-47)39(7)11-3)48-27-19-44(20-28-48)40(8)12-4/h13-28,37-40H,9-12,29-36H2,1-8H3. The molecule has 0 saturated carbocycles. The number of hydrogen-bond donors (Lipinski definition) is 0. The van der Waals surface area contributed by atoms with Crippen molar-refractivity contribution in [1.82, 2.24) is 0 Å². The quantitative estimate of drug-likeness (QED) is 0.0909. The van der Waals surface area contributed by atoms with E-state index in [0.717, 1.165) is 46.9 Å². The first kappa shape index (κ1) is 48.1. The van der Waals surface area contributed by atoms with Gasteiger partial charge in [-0.1, -0.05) is 152 Å². The molecule has 4 aromatic rings. The minimum atomic E-state index is -3.65. The van der Waals surface area contributed by atoms with E-state index in [9.17, 15) is 9.13 Å². The molecule has 61 heavy (non-hydrogen) atoms. The molecule has 4 unspecified atom stereocenters. The van der Waals surface area contributed by atoms with Crippen molar-refractivity contribution in [2.75, 3.05) is 51.1 Å². The Hall–Kier alpha value is -2.36. The third-order valence-corrected chi connectivity index (χ3v) is 24.2. The van der Waals surface area contributed by atoms with E-state index in [1.54, 1.807) is 0 Å². The molecule has 2 heterocycles. The third-order valence-electron chi connectivity index (χ3n) is 13.6. The zero-order valence-electron chi connectivity index (χ0n) is 37.6. The Kier molecular flexibility index (Phi) is 15.9. The molecule has 0 amide bonds. The topological polar surface area (TPSA) is 105 Å². The summed E-state index contributed by atoms with van der Waals surface area (Å²) in [6.45, 7) is 17.4. The number of hydrogen-bond acceptors (Lipinski definition) is 8. The molecular formula is C49H68O8P4. The van der Waals surface area contributed by atoms with Gasteiger partial charge in [0.2, 0.25) is 0 Å². The second-order valence-corrected chi connectivity index (χ2v) is 28.1. The van der Waals surface area contributed by atoms with Crippen molar-refractivity contribution in [3.05, 3.63) is 119 Å². The first-order valence-electron chi connectivity index (χ1n) is 22.4. The highest BCUT2D eigenvalue weighted by Crippen LogP contribution is 2.62. The maximum absolute atomic E-state index is 15.2. The molecule has 0 bridgehead atoms. The Morgan fingerprint density at radius 1 is 0.443 bits per heavy atom. The average Bonchev–Trinajstić information content (AvgIpc) is 3.31. The summed E-state index contributed by atoms with van der Waals surface area (Å²) >= 11 is 0. The molecule has 2 aliphatic heterocycles. The lowest BCUT2D eigenvalue weighted by atomic mass is 9.93. The van der Waals surface area contributed by atoms with Crippen molar-refractivity contribution in [3.63, 3.8) is 0 Å². The van der Waals surface area contributed by atoms with E-state index in [2.05, 4.69) is 104 Å². The lowest BCUT2D eigenvalue weighted by Gasteiger charge is -2.43. The van der Waals surface area contributed by atoms with Crippen molar-refractivity contribution in [3.8, 4) is 0 Å². The third kappa shape index (κ3) is 11.0. The van der Waals surface area contributed by atoms with Crippen molar-refractivity contribution in [1.29, 1.82) is 0 Å². The molecule has 8 nitrogen and oxygen atoms in total. The van der Waals surface area contributed by atoms with Crippen LogP contribution in [0.15, 0.2) is 97.1 Å². The molecular weight excluding hydrogens is 840 g/mol. The lowest BCUT2D eigenvalue weighted by molar-refractivity contribution is -0.0680. The van der Waals surface area contributed by atoms with Crippen LogP contribution < -0.4 is 21.2 Å². The van der Waals surface area contributed by atoms with Crippen LogP contribution >= 0.6 is 29.5 Å². The highest BCUT2D eigenvalue weighted by molar-refractivity contribution is 7.79. The van der Waals surface area contributed by atoms with Gasteiger partial charge in [-0.3, -0.25) is 9.13 Å². The monoisotopic (exact) mass is 908 g/mol. The molecule has 0 aliphatic carbocycles. The van der Waals surface area contributed by atoms with Gasteiger partial charge in [-0.15, -0.1) is 0 Å². The Morgan fingerprint density at radius 3 is 0.852 bits per heavy atom. The summed E-state index contributed by atoms with van der Waals surface area (Å²) in [5.74, 6) is 1.53. The number of benzene rings is 4. The Morgan fingerprint density at radius 2 is 0.656 bits per heavy atom. The Labute approximate surface area is 366 Å². The maximum Gasteiger partial charge on any atom is 0.331 e. The van der Waals surface area contributed by atoms with Crippen LogP contribution in [0.3, 0.4) is 0 Å². The summed E-state index contributed by atoms with van der Waals surface area (Å²) in [4.78, 5) is 0. The minimum Gasteiger partial charge on any atom is -0.314 e. The van der Waals surface area contributed by atoms with Crippen molar-refractivity contribution >= 4 is 50.7 Å². The van der Waals surface area contributed by atoms with Gasteiger partial charge < -0.3 is 27.2 Å². The van der Waals surface area contributed by atoms with Gasteiger partial charge in [0.05, 0.1) is 44.2 Å². The van der Waals surface area contributed by atoms with Crippen molar-refractivity contribution in [2.24, 2.45) is 5.41 Å². The highest BCUT2D eigenvalue weighted by Gasteiger charge is 2.49. The Bertz CT molecular complexity index is 1950. The molecule has 0 aromatic heterocycles. The number of rotatable bonds is 18. The van der Waals surface area contributed by atoms with Crippen molar-refractivity contribution in [2.45, 2.75) is 105 Å². The van der Waals surface area contributed by atoms with Gasteiger partial charge in [0.1, 0.15) is 14.3 Å². The van der Waals surface area contributed by atoms with Crippen LogP contribution in [0.5, 0.6) is 0 Å². The largest absolute Gasteiger partial charge is 0.331 e. The van der Waals surface area contributed by atoms with Gasteiger partial charge in [0, 0.05) is 33.5 Å². The van der Waals surface area contributed by atoms with Gasteiger partial charge in [-0.05, 0) is 71.6 Å². The SMILES string of the molecule is CCC(C)c1ccc(P(=O)(CCP2(=O)OCC3(CO2)COP(=O)(CCP(=O)(c2ccc(C(C)CC)cc2)c2ccc(C(C)CC)cc2)OC3)c2ccc(C(C)CC)cc2)cc1. The van der Waals surface area contributed by atoms with Crippen LogP contribution in [-0.4, -0.2) is 51.1 Å². The van der Waals surface area contributed by atoms with Gasteiger partial charge in [0.25, 0.3) is 0 Å². The molecule has 332 valence electrons. The van der Waals surface area contributed by atoms with E-state index in [0.29, 0.717) is 23.7 Å². The van der Waals surface area contributed by atoms with Gasteiger partial charge in [0.15, 0.2) is 0 Å². The zero-order chi connectivity index (χ0) is 44.1. The summed E-state index contributed by atoms with van der Waals surface area (Å²) in [7, 11) is -13.8. The maximum atomic E-state index is 15.2. The lowest BCUT2D eigenvalue weighted by Crippen LogP contribution is -2.46. The van der Waals surface area contributed by atoms with E-state index in [1.807, 2.05) is 48.5 Å². The first-order chi connectivity index (χ1) is 29.0. The molecule has 4 atom stereocenters. The smallest absolute Gasteiger partial charge is 0.314 e. The minimum absolute atomic E-state index is 0.0192. The van der Waals surface area contributed by atoms with E-state index < -0.39 is 34.9 Å². The fraction of sp³-hybridized carbons (Fsp3) is 0.510. The molecule has 6 rings (SSSR count). The van der Waals surface area contributed by atoms with Crippen molar-refractivity contribution < 1.29 is 36.4 Å². The summed E-state index contributed by atoms with van der Waals surface area (Å²) in [5.41, 5.74) is 3.95. The van der Waals surface area contributed by atoms with E-state index >= 15 is 9.13 Å². The molecule has 0 N–H and O–H groups in total. The predicted molar refractivity (Wildman–Crippen MR) is 255 cm³/mol. The normalized spacial score (nSPS) is 25.8. The van der Waals surface area contributed by atoms with E-state index in [1.165, 1.54) is 22.3 Å². The fourth-order valence-electron chi connectivity index (χ4n) is 7.98. The highest BCUT2D eigenvalue weighted by atomic mass is 31.2. The summed E-state index contributed by atoms with van der Waals surface area (Å²) in [6.07, 6.45) is 4.21. The fourth-order valence-corrected chi connectivity index (χ4v) is 18.9. The van der Waals surface area contributed by atoms with E-state index in [-0.39, 0.29) is 51.1 Å². The molecule has 1 spiro atoms. The predicted octanol–water partition coefficient (Wildman–Crippen LogP) is 12.5. The van der Waals surface area contributed by atoms with Gasteiger partial charge in [-0.25, -0.2) is 0 Å². The molecule has 4 aromatic carbocycles. The second kappa shape index (κ2) is 20.2. The summed E-state index contributed by atoms with van der Waals surface area (Å²) in [5, 5.41) is 2.88. The van der Waals surface area contributed by atoms with Crippen LogP contribution in [-0.2, 0) is 36.4 Å². The van der Waals surface area contributed by atoms with E-state index in [4.69, 9.17) is 18.1 Å². The second-order valence-electron chi connectivity index (χ2n) is 17.8. The van der Waals surface area contributed by atoms with Crippen LogP contribution in [0.2, 0.25) is 0 Å². The van der Waals surface area contributed by atoms with Gasteiger partial charge in [-0.2, -0.15) is 0 Å². The van der Waals surface area contributed by atoms with Crippen LogP contribution in [0.4, 0.5) is 0 Å². The summed E-state index contributed by atoms with van der Waals surface area (Å²) in [6, 6.07) is 32.1. The van der Waals surface area contributed by atoms with Gasteiger partial charge >= 0.3 is 15.2 Å².